The largest absolute Gasteiger partial charge is 0.469 e. The van der Waals surface area contributed by atoms with Crippen LogP contribution in [0, 0.1) is 6.92 Å². The monoisotopic (exact) mass is 251 g/mol. The Morgan fingerprint density at radius 3 is 2.72 bits per heavy atom. The summed E-state index contributed by atoms with van der Waals surface area (Å²) >= 11 is 0. The lowest BCUT2D eigenvalue weighted by Gasteiger charge is -2.08. The molecule has 0 saturated carbocycles. The lowest BCUT2D eigenvalue weighted by atomic mass is 10.1. The highest BCUT2D eigenvalue weighted by Gasteiger charge is 2.11. The molecule has 0 atom stereocenters. The standard InChI is InChI=1S/C13H17NO4/c1-9-10(5-3-6-11(9)14)13(16)18-8-4-7-12(15)17-2/h3,5-6H,4,7-8,14H2,1-2H3. The van der Waals surface area contributed by atoms with Crippen LogP contribution in [-0.4, -0.2) is 25.7 Å². The number of carbonyl (C=O) groups is 2. The molecule has 1 aromatic rings. The zero-order valence-electron chi connectivity index (χ0n) is 10.6. The minimum atomic E-state index is -0.426. The summed E-state index contributed by atoms with van der Waals surface area (Å²) in [5.74, 6) is -0.740. The van der Waals surface area contributed by atoms with Crippen molar-refractivity contribution in [3.8, 4) is 0 Å². The molecule has 98 valence electrons. The molecular weight excluding hydrogens is 234 g/mol. The average Bonchev–Trinajstić information content (AvgIpc) is 2.37. The van der Waals surface area contributed by atoms with Crippen molar-refractivity contribution in [1.82, 2.24) is 0 Å². The molecule has 0 heterocycles. The lowest BCUT2D eigenvalue weighted by molar-refractivity contribution is -0.140. The highest BCUT2D eigenvalue weighted by Crippen LogP contribution is 2.16. The number of carbonyl (C=O) groups excluding carboxylic acids is 2. The van der Waals surface area contributed by atoms with Crippen LogP contribution in [0.4, 0.5) is 5.69 Å². The molecule has 1 rings (SSSR count). The van der Waals surface area contributed by atoms with Crippen molar-refractivity contribution in [2.45, 2.75) is 19.8 Å². The molecule has 0 fully saturated rings. The molecule has 0 amide bonds. The molecule has 0 radical (unpaired) electrons. The van der Waals surface area contributed by atoms with Gasteiger partial charge < -0.3 is 15.2 Å². The molecule has 0 aliphatic rings. The van der Waals surface area contributed by atoms with Crippen molar-refractivity contribution in [3.05, 3.63) is 29.3 Å². The van der Waals surface area contributed by atoms with E-state index in [9.17, 15) is 9.59 Å². The number of hydrogen-bond acceptors (Lipinski definition) is 5. The van der Waals surface area contributed by atoms with Gasteiger partial charge in [0.2, 0.25) is 0 Å². The fourth-order valence-corrected chi connectivity index (χ4v) is 1.44. The van der Waals surface area contributed by atoms with Crippen molar-refractivity contribution >= 4 is 17.6 Å². The normalized spacial score (nSPS) is 9.89. The molecule has 18 heavy (non-hydrogen) atoms. The molecule has 0 aliphatic heterocycles. The topological polar surface area (TPSA) is 78.6 Å². The van der Waals surface area contributed by atoms with E-state index in [0.29, 0.717) is 23.2 Å². The Balaban J connectivity index is 2.46. The highest BCUT2D eigenvalue weighted by atomic mass is 16.5. The molecule has 0 spiro atoms. The molecule has 0 aromatic heterocycles. The van der Waals surface area contributed by atoms with Gasteiger partial charge in [-0.2, -0.15) is 0 Å². The zero-order chi connectivity index (χ0) is 13.5. The summed E-state index contributed by atoms with van der Waals surface area (Å²) in [7, 11) is 1.32. The van der Waals surface area contributed by atoms with Crippen LogP contribution in [0.15, 0.2) is 18.2 Å². The Morgan fingerprint density at radius 1 is 1.33 bits per heavy atom. The number of ether oxygens (including phenoxy) is 2. The van der Waals surface area contributed by atoms with Gasteiger partial charge in [-0.1, -0.05) is 6.07 Å². The summed E-state index contributed by atoms with van der Waals surface area (Å²) in [5, 5.41) is 0. The van der Waals surface area contributed by atoms with Crippen LogP contribution < -0.4 is 5.73 Å². The summed E-state index contributed by atoms with van der Waals surface area (Å²) < 4.78 is 9.54. The number of benzene rings is 1. The molecule has 5 heteroatoms. The molecule has 5 nitrogen and oxygen atoms in total. The summed E-state index contributed by atoms with van der Waals surface area (Å²) in [6, 6.07) is 5.09. The van der Waals surface area contributed by atoms with Gasteiger partial charge in [-0.25, -0.2) is 4.79 Å². The molecule has 0 unspecified atom stereocenters. The minimum Gasteiger partial charge on any atom is -0.469 e. The zero-order valence-corrected chi connectivity index (χ0v) is 10.6. The fraction of sp³-hybridized carbons (Fsp3) is 0.385. The first-order chi connectivity index (χ1) is 8.56. The van der Waals surface area contributed by atoms with Gasteiger partial charge in [-0.15, -0.1) is 0 Å². The first-order valence-corrected chi connectivity index (χ1v) is 5.65. The van der Waals surface area contributed by atoms with E-state index in [-0.39, 0.29) is 19.0 Å². The molecule has 0 aliphatic carbocycles. The summed E-state index contributed by atoms with van der Waals surface area (Å²) in [6.07, 6.45) is 0.680. The smallest absolute Gasteiger partial charge is 0.338 e. The predicted molar refractivity (Wildman–Crippen MR) is 67.1 cm³/mol. The van der Waals surface area contributed by atoms with Gasteiger partial charge in [0.05, 0.1) is 19.3 Å². The van der Waals surface area contributed by atoms with Crippen LogP contribution in [0.25, 0.3) is 0 Å². The van der Waals surface area contributed by atoms with Crippen molar-refractivity contribution in [2.24, 2.45) is 0 Å². The van der Waals surface area contributed by atoms with E-state index in [0.717, 1.165) is 0 Å². The van der Waals surface area contributed by atoms with Gasteiger partial charge in [0.25, 0.3) is 0 Å². The first kappa shape index (κ1) is 14.0. The second kappa shape index (κ2) is 6.64. The Morgan fingerprint density at radius 2 is 2.06 bits per heavy atom. The second-order valence-corrected chi connectivity index (χ2v) is 3.84. The van der Waals surface area contributed by atoms with Gasteiger partial charge in [0.1, 0.15) is 0 Å². The molecule has 2 N–H and O–H groups in total. The minimum absolute atomic E-state index is 0.183. The van der Waals surface area contributed by atoms with Gasteiger partial charge in [-0.3, -0.25) is 4.79 Å². The van der Waals surface area contributed by atoms with Gasteiger partial charge in [0.15, 0.2) is 0 Å². The SMILES string of the molecule is COC(=O)CCCOC(=O)c1cccc(N)c1C. The van der Waals surface area contributed by atoms with E-state index >= 15 is 0 Å². The number of hydrogen-bond donors (Lipinski definition) is 1. The number of rotatable bonds is 5. The Labute approximate surface area is 106 Å². The van der Waals surface area contributed by atoms with Gasteiger partial charge in [0, 0.05) is 12.1 Å². The Bertz CT molecular complexity index is 443. The van der Waals surface area contributed by atoms with E-state index in [2.05, 4.69) is 4.74 Å². The highest BCUT2D eigenvalue weighted by molar-refractivity contribution is 5.92. The van der Waals surface area contributed by atoms with Crippen LogP contribution in [-0.2, 0) is 14.3 Å². The summed E-state index contributed by atoms with van der Waals surface area (Å²) in [6.45, 7) is 1.95. The van der Waals surface area contributed by atoms with Crippen molar-refractivity contribution in [2.75, 3.05) is 19.5 Å². The summed E-state index contributed by atoms with van der Waals surface area (Å²) in [4.78, 5) is 22.6. The molecule has 0 saturated heterocycles. The average molecular weight is 251 g/mol. The fourth-order valence-electron chi connectivity index (χ4n) is 1.44. The number of esters is 2. The number of nitrogen functional groups attached to an aromatic ring is 1. The van der Waals surface area contributed by atoms with E-state index in [1.54, 1.807) is 25.1 Å². The van der Waals surface area contributed by atoms with Crippen LogP contribution in [0.1, 0.15) is 28.8 Å². The van der Waals surface area contributed by atoms with Gasteiger partial charge >= 0.3 is 11.9 Å². The Kier molecular flexibility index (Phi) is 5.17. The maximum atomic E-state index is 11.7. The van der Waals surface area contributed by atoms with Crippen molar-refractivity contribution in [1.29, 1.82) is 0 Å². The molecular formula is C13H17NO4. The lowest BCUT2D eigenvalue weighted by Crippen LogP contribution is -2.10. The third-order valence-corrected chi connectivity index (χ3v) is 2.58. The number of methoxy groups -OCH3 is 1. The number of anilines is 1. The first-order valence-electron chi connectivity index (χ1n) is 5.65. The van der Waals surface area contributed by atoms with Crippen molar-refractivity contribution in [3.63, 3.8) is 0 Å². The summed E-state index contributed by atoms with van der Waals surface area (Å²) in [5.41, 5.74) is 7.41. The Hall–Kier alpha value is -2.04. The second-order valence-electron chi connectivity index (χ2n) is 3.84. The maximum absolute atomic E-state index is 11.7. The van der Waals surface area contributed by atoms with Gasteiger partial charge in [-0.05, 0) is 31.0 Å². The van der Waals surface area contributed by atoms with Crippen LogP contribution in [0.3, 0.4) is 0 Å². The third-order valence-electron chi connectivity index (χ3n) is 2.58. The van der Waals surface area contributed by atoms with E-state index in [4.69, 9.17) is 10.5 Å². The van der Waals surface area contributed by atoms with Crippen LogP contribution in [0.5, 0.6) is 0 Å². The van der Waals surface area contributed by atoms with E-state index in [1.807, 2.05) is 0 Å². The predicted octanol–water partition coefficient (Wildman–Crippen LogP) is 1.69. The quantitative estimate of drug-likeness (QED) is 0.489. The van der Waals surface area contributed by atoms with Crippen LogP contribution >= 0.6 is 0 Å². The van der Waals surface area contributed by atoms with Crippen molar-refractivity contribution < 1.29 is 19.1 Å². The van der Waals surface area contributed by atoms with E-state index in [1.165, 1.54) is 7.11 Å². The third kappa shape index (κ3) is 3.76. The molecule has 0 bridgehead atoms. The molecule has 1 aromatic carbocycles. The number of nitrogens with two attached hydrogens (primary N) is 1. The van der Waals surface area contributed by atoms with E-state index < -0.39 is 5.97 Å². The maximum Gasteiger partial charge on any atom is 0.338 e. The van der Waals surface area contributed by atoms with Crippen LogP contribution in [0.2, 0.25) is 0 Å².